The van der Waals surface area contributed by atoms with Crippen LogP contribution in [0.25, 0.3) is 5.78 Å². The topological polar surface area (TPSA) is 76.7 Å². The standard InChI is InChI=1S/C15H14N6OS/c1-2-5-11(6-3-1)13-17-9-12(22-20-13)10-23-15-18-14-16-7-4-8-21(14)19-15/h1-8,12H,9-10H2,(H,17,20)/t12-/m1/s1. The van der Waals surface area contributed by atoms with Crippen molar-refractivity contribution < 1.29 is 4.84 Å². The van der Waals surface area contributed by atoms with Crippen LogP contribution in [0.2, 0.25) is 0 Å². The molecule has 4 rings (SSSR count). The number of thioether (sulfide) groups is 1. The second kappa shape index (κ2) is 6.35. The largest absolute Gasteiger partial charge is 0.269 e. The SMILES string of the molecule is c1ccc(C2=NC[C@H](CSc3nc4ncccn4n3)ON2)cc1. The maximum atomic E-state index is 5.66. The van der Waals surface area contributed by atoms with E-state index in [1.165, 1.54) is 11.8 Å². The minimum atomic E-state index is -0.0213. The van der Waals surface area contributed by atoms with Gasteiger partial charge in [-0.15, -0.1) is 5.10 Å². The molecule has 0 saturated heterocycles. The lowest BCUT2D eigenvalue weighted by Gasteiger charge is -2.22. The van der Waals surface area contributed by atoms with Crippen molar-refractivity contribution in [3.8, 4) is 0 Å². The molecule has 0 amide bonds. The first-order valence-electron chi connectivity index (χ1n) is 7.20. The van der Waals surface area contributed by atoms with Gasteiger partial charge in [-0.25, -0.2) is 15.0 Å². The van der Waals surface area contributed by atoms with Gasteiger partial charge in [0.15, 0.2) is 5.84 Å². The Hall–Kier alpha value is -2.45. The summed E-state index contributed by atoms with van der Waals surface area (Å²) in [7, 11) is 0. The van der Waals surface area contributed by atoms with Crippen LogP contribution in [0, 0.1) is 0 Å². The van der Waals surface area contributed by atoms with Crippen LogP contribution in [0.4, 0.5) is 0 Å². The highest BCUT2D eigenvalue weighted by atomic mass is 32.2. The predicted octanol–water partition coefficient (Wildman–Crippen LogP) is 1.57. The molecule has 0 aliphatic carbocycles. The number of nitrogens with zero attached hydrogens (tertiary/aromatic N) is 5. The number of fused-ring (bicyclic) bond motifs is 1. The molecule has 8 heteroatoms. The third kappa shape index (κ3) is 3.17. The van der Waals surface area contributed by atoms with Gasteiger partial charge >= 0.3 is 0 Å². The number of aromatic nitrogens is 4. The fraction of sp³-hybridized carbons (Fsp3) is 0.200. The summed E-state index contributed by atoms with van der Waals surface area (Å²) >= 11 is 1.53. The molecule has 3 heterocycles. The molecule has 1 aliphatic rings. The van der Waals surface area contributed by atoms with E-state index in [0.29, 0.717) is 17.5 Å². The highest BCUT2D eigenvalue weighted by molar-refractivity contribution is 7.99. The Kier molecular flexibility index (Phi) is 3.91. The molecule has 2 aromatic heterocycles. The minimum absolute atomic E-state index is 0.0213. The monoisotopic (exact) mass is 326 g/mol. The Labute approximate surface area is 136 Å². The minimum Gasteiger partial charge on any atom is -0.269 e. The van der Waals surface area contributed by atoms with Crippen LogP contribution in [0.1, 0.15) is 5.56 Å². The second-order valence-corrected chi connectivity index (χ2v) is 5.95. The van der Waals surface area contributed by atoms with E-state index in [2.05, 4.69) is 25.5 Å². The number of nitrogens with one attached hydrogen (secondary N) is 1. The molecule has 0 bridgehead atoms. The van der Waals surface area contributed by atoms with Crippen molar-refractivity contribution in [2.24, 2.45) is 4.99 Å². The quantitative estimate of drug-likeness (QED) is 0.733. The third-order valence-corrected chi connectivity index (χ3v) is 4.29. The van der Waals surface area contributed by atoms with E-state index >= 15 is 0 Å². The van der Waals surface area contributed by atoms with E-state index < -0.39 is 0 Å². The maximum Gasteiger partial charge on any atom is 0.253 e. The summed E-state index contributed by atoms with van der Waals surface area (Å²) in [5.41, 5.74) is 3.95. The van der Waals surface area contributed by atoms with Crippen molar-refractivity contribution in [1.29, 1.82) is 0 Å². The van der Waals surface area contributed by atoms with E-state index in [4.69, 9.17) is 4.84 Å². The summed E-state index contributed by atoms with van der Waals surface area (Å²) in [5, 5.41) is 5.04. The zero-order chi connectivity index (χ0) is 15.5. The highest BCUT2D eigenvalue weighted by Crippen LogP contribution is 2.17. The smallest absolute Gasteiger partial charge is 0.253 e. The van der Waals surface area contributed by atoms with Gasteiger partial charge in [0.05, 0.1) is 6.54 Å². The average molecular weight is 326 g/mol. The van der Waals surface area contributed by atoms with Gasteiger partial charge in [-0.2, -0.15) is 4.98 Å². The van der Waals surface area contributed by atoms with E-state index in [1.807, 2.05) is 42.6 Å². The van der Waals surface area contributed by atoms with Crippen molar-refractivity contribution >= 4 is 23.4 Å². The first kappa shape index (κ1) is 14.2. The van der Waals surface area contributed by atoms with Crippen molar-refractivity contribution in [2.75, 3.05) is 12.3 Å². The number of amidine groups is 1. The van der Waals surface area contributed by atoms with Gasteiger partial charge in [-0.3, -0.25) is 9.83 Å². The van der Waals surface area contributed by atoms with Crippen molar-refractivity contribution in [3.63, 3.8) is 0 Å². The molecular formula is C15H14N6OS. The Morgan fingerprint density at radius 1 is 1.26 bits per heavy atom. The first-order chi connectivity index (χ1) is 11.4. The van der Waals surface area contributed by atoms with Gasteiger partial charge in [-0.05, 0) is 6.07 Å². The summed E-state index contributed by atoms with van der Waals surface area (Å²) in [6.45, 7) is 0.607. The number of hydrogen-bond acceptors (Lipinski definition) is 7. The number of hydrogen-bond donors (Lipinski definition) is 1. The molecule has 0 radical (unpaired) electrons. The Morgan fingerprint density at radius 3 is 2.96 bits per heavy atom. The van der Waals surface area contributed by atoms with E-state index in [0.717, 1.165) is 17.2 Å². The number of benzene rings is 1. The highest BCUT2D eigenvalue weighted by Gasteiger charge is 2.18. The molecule has 23 heavy (non-hydrogen) atoms. The summed E-state index contributed by atoms with van der Waals surface area (Å²) in [6, 6.07) is 11.7. The van der Waals surface area contributed by atoms with Crippen LogP contribution in [-0.2, 0) is 4.84 Å². The number of rotatable bonds is 4. The molecule has 0 unspecified atom stereocenters. The Bertz CT molecular complexity index is 801. The molecule has 3 aromatic rings. The molecule has 1 aliphatic heterocycles. The van der Waals surface area contributed by atoms with Crippen molar-refractivity contribution in [2.45, 2.75) is 11.3 Å². The molecule has 116 valence electrons. The Morgan fingerprint density at radius 2 is 2.17 bits per heavy atom. The maximum absolute atomic E-state index is 5.66. The van der Waals surface area contributed by atoms with Crippen molar-refractivity contribution in [1.82, 2.24) is 25.1 Å². The van der Waals surface area contributed by atoms with E-state index in [-0.39, 0.29) is 6.10 Å². The first-order valence-corrected chi connectivity index (χ1v) is 8.19. The lowest BCUT2D eigenvalue weighted by atomic mass is 10.2. The summed E-state index contributed by atoms with van der Waals surface area (Å²) in [6.07, 6.45) is 3.51. The van der Waals surface area contributed by atoms with Crippen molar-refractivity contribution in [3.05, 3.63) is 54.4 Å². The predicted molar refractivity (Wildman–Crippen MR) is 87.4 cm³/mol. The molecular weight excluding hydrogens is 312 g/mol. The zero-order valence-electron chi connectivity index (χ0n) is 12.2. The molecule has 1 atom stereocenters. The van der Waals surface area contributed by atoms with Crippen LogP contribution in [0.5, 0.6) is 0 Å². The van der Waals surface area contributed by atoms with Crippen LogP contribution >= 0.6 is 11.8 Å². The number of hydroxylamine groups is 1. The normalized spacial score (nSPS) is 17.7. The van der Waals surface area contributed by atoms with Gasteiger partial charge in [0.2, 0.25) is 5.16 Å². The van der Waals surface area contributed by atoms with E-state index in [1.54, 1.807) is 10.7 Å². The lowest BCUT2D eigenvalue weighted by molar-refractivity contribution is 0.0212. The molecule has 1 aromatic carbocycles. The average Bonchev–Trinajstić information content (AvgIpc) is 3.04. The molecule has 0 spiro atoms. The molecule has 0 saturated carbocycles. The second-order valence-electron chi connectivity index (χ2n) is 4.97. The van der Waals surface area contributed by atoms with Crippen LogP contribution in [0.3, 0.4) is 0 Å². The fourth-order valence-electron chi connectivity index (χ4n) is 2.18. The van der Waals surface area contributed by atoms with Crippen LogP contribution < -0.4 is 5.48 Å². The van der Waals surface area contributed by atoms with Gasteiger partial charge in [-0.1, -0.05) is 42.1 Å². The molecule has 7 nitrogen and oxygen atoms in total. The summed E-state index contributed by atoms with van der Waals surface area (Å²) < 4.78 is 1.66. The Balaban J connectivity index is 1.37. The van der Waals surface area contributed by atoms with E-state index in [9.17, 15) is 0 Å². The molecule has 1 N–H and O–H groups in total. The van der Waals surface area contributed by atoms with Crippen LogP contribution in [0.15, 0.2) is 58.9 Å². The summed E-state index contributed by atoms with van der Waals surface area (Å²) in [5.74, 6) is 2.08. The van der Waals surface area contributed by atoms with Gasteiger partial charge in [0.1, 0.15) is 6.10 Å². The summed E-state index contributed by atoms with van der Waals surface area (Å²) in [4.78, 5) is 18.7. The van der Waals surface area contributed by atoms with Crippen LogP contribution in [-0.4, -0.2) is 43.8 Å². The van der Waals surface area contributed by atoms with Gasteiger partial charge in [0.25, 0.3) is 5.78 Å². The number of aliphatic imine (C=N–C) groups is 1. The lowest BCUT2D eigenvalue weighted by Crippen LogP contribution is -2.38. The fourth-order valence-corrected chi connectivity index (χ4v) is 2.98. The van der Waals surface area contributed by atoms with Gasteiger partial charge < -0.3 is 0 Å². The zero-order valence-corrected chi connectivity index (χ0v) is 13.0. The third-order valence-electron chi connectivity index (χ3n) is 3.32. The van der Waals surface area contributed by atoms with Gasteiger partial charge in [0, 0.05) is 23.7 Å². The molecule has 0 fully saturated rings.